The van der Waals surface area contributed by atoms with Crippen LogP contribution in [0.25, 0.3) is 11.1 Å². The average Bonchev–Trinajstić information content (AvgIpc) is 2.39. The van der Waals surface area contributed by atoms with E-state index < -0.39 is 0 Å². The molecule has 2 rings (SSSR count). The lowest BCUT2D eigenvalue weighted by molar-refractivity contribution is 0.738. The van der Waals surface area contributed by atoms with E-state index >= 15 is 0 Å². The fraction of sp³-hybridized carbons (Fsp3) is 0.188. The molecule has 0 bridgehead atoms. The largest absolute Gasteiger partial charge is 0.328 e. The second kappa shape index (κ2) is 5.48. The Kier molecular flexibility index (Phi) is 3.76. The van der Waals surface area contributed by atoms with Crippen molar-refractivity contribution in [3.05, 3.63) is 59.7 Å². The van der Waals surface area contributed by atoms with Crippen LogP contribution in [0.5, 0.6) is 0 Å². The third-order valence-corrected chi connectivity index (χ3v) is 2.84. The van der Waals surface area contributed by atoms with Crippen molar-refractivity contribution in [3.63, 3.8) is 0 Å². The molecule has 0 saturated carbocycles. The van der Waals surface area contributed by atoms with Crippen LogP contribution in [0.3, 0.4) is 0 Å². The molecule has 18 heavy (non-hydrogen) atoms. The highest BCUT2D eigenvalue weighted by molar-refractivity contribution is 5.65. The number of hydrogen-bond acceptors (Lipinski definition) is 2. The van der Waals surface area contributed by atoms with Crippen LogP contribution in [0.2, 0.25) is 0 Å². The van der Waals surface area contributed by atoms with Gasteiger partial charge in [0.05, 0.1) is 11.6 Å². The Morgan fingerprint density at radius 2 is 1.83 bits per heavy atom. The van der Waals surface area contributed by atoms with Crippen LogP contribution in [-0.4, -0.2) is 6.04 Å². The molecule has 0 aliphatic rings. The zero-order chi connectivity index (χ0) is 13.0. The van der Waals surface area contributed by atoms with Crippen LogP contribution < -0.4 is 5.73 Å². The first-order valence-electron chi connectivity index (χ1n) is 6.04. The van der Waals surface area contributed by atoms with Gasteiger partial charge in [0.1, 0.15) is 0 Å². The normalized spacial score (nSPS) is 11.8. The van der Waals surface area contributed by atoms with E-state index in [1.165, 1.54) is 5.56 Å². The van der Waals surface area contributed by atoms with Gasteiger partial charge < -0.3 is 5.73 Å². The maximum atomic E-state index is 8.89. The molecular formula is C16H16N2. The average molecular weight is 236 g/mol. The molecule has 0 aliphatic heterocycles. The van der Waals surface area contributed by atoms with Gasteiger partial charge in [-0.25, -0.2) is 0 Å². The summed E-state index contributed by atoms with van der Waals surface area (Å²) in [6.45, 7) is 2.00. The van der Waals surface area contributed by atoms with E-state index in [2.05, 4.69) is 30.3 Å². The van der Waals surface area contributed by atoms with Gasteiger partial charge in [0.25, 0.3) is 0 Å². The predicted octanol–water partition coefficient (Wildman–Crippen LogP) is 3.11. The van der Waals surface area contributed by atoms with Gasteiger partial charge in [-0.05, 0) is 42.2 Å². The summed E-state index contributed by atoms with van der Waals surface area (Å²) < 4.78 is 0. The van der Waals surface area contributed by atoms with Gasteiger partial charge in [0, 0.05) is 6.04 Å². The fourth-order valence-corrected chi connectivity index (χ4v) is 1.97. The van der Waals surface area contributed by atoms with E-state index in [-0.39, 0.29) is 6.04 Å². The first-order valence-corrected chi connectivity index (χ1v) is 6.04. The topological polar surface area (TPSA) is 49.8 Å². The molecule has 1 atom stereocenters. The maximum Gasteiger partial charge on any atom is 0.0991 e. The molecule has 0 amide bonds. The first-order chi connectivity index (χ1) is 8.69. The molecule has 0 spiro atoms. The third kappa shape index (κ3) is 2.97. The lowest BCUT2D eigenvalue weighted by atomic mass is 10.0. The standard InChI is InChI=1S/C16H16N2/c1-12(18)9-13-5-7-15(8-6-13)16-4-2-3-14(10-16)11-17/h2-8,10,12H,9,18H2,1H3. The van der Waals surface area contributed by atoms with Crippen LogP contribution in [0.1, 0.15) is 18.1 Å². The Labute approximate surface area is 108 Å². The van der Waals surface area contributed by atoms with Crippen molar-refractivity contribution in [3.8, 4) is 17.2 Å². The Bertz CT molecular complexity index is 562. The SMILES string of the molecule is CC(N)Cc1ccc(-c2cccc(C#N)c2)cc1. The molecule has 2 aromatic carbocycles. The minimum absolute atomic E-state index is 0.178. The summed E-state index contributed by atoms with van der Waals surface area (Å²) in [5.74, 6) is 0. The quantitative estimate of drug-likeness (QED) is 0.890. The Morgan fingerprint density at radius 1 is 1.11 bits per heavy atom. The minimum atomic E-state index is 0.178. The molecule has 0 heterocycles. The highest BCUT2D eigenvalue weighted by atomic mass is 14.6. The minimum Gasteiger partial charge on any atom is -0.328 e. The molecule has 1 unspecified atom stereocenters. The van der Waals surface area contributed by atoms with E-state index in [0.717, 1.165) is 17.5 Å². The van der Waals surface area contributed by atoms with E-state index in [1.807, 2.05) is 31.2 Å². The molecule has 2 N–H and O–H groups in total. The maximum absolute atomic E-state index is 8.89. The number of nitrogens with zero attached hydrogens (tertiary/aromatic N) is 1. The van der Waals surface area contributed by atoms with Gasteiger partial charge in [-0.3, -0.25) is 0 Å². The van der Waals surface area contributed by atoms with Gasteiger partial charge in [-0.15, -0.1) is 0 Å². The van der Waals surface area contributed by atoms with Crippen molar-refractivity contribution in [1.29, 1.82) is 5.26 Å². The van der Waals surface area contributed by atoms with Gasteiger partial charge in [-0.2, -0.15) is 5.26 Å². The number of nitrogens with two attached hydrogens (primary N) is 1. The summed E-state index contributed by atoms with van der Waals surface area (Å²) in [7, 11) is 0. The molecule has 2 heteroatoms. The fourth-order valence-electron chi connectivity index (χ4n) is 1.97. The smallest absolute Gasteiger partial charge is 0.0991 e. The molecule has 0 aromatic heterocycles. The highest BCUT2D eigenvalue weighted by Gasteiger charge is 2.01. The van der Waals surface area contributed by atoms with Crippen molar-refractivity contribution in [2.45, 2.75) is 19.4 Å². The second-order valence-electron chi connectivity index (χ2n) is 4.57. The van der Waals surface area contributed by atoms with Gasteiger partial charge in [-0.1, -0.05) is 36.4 Å². The molecular weight excluding hydrogens is 220 g/mol. The number of nitriles is 1. The van der Waals surface area contributed by atoms with Crippen LogP contribution >= 0.6 is 0 Å². The van der Waals surface area contributed by atoms with E-state index in [9.17, 15) is 0 Å². The lowest BCUT2D eigenvalue weighted by Crippen LogP contribution is -2.17. The lowest BCUT2D eigenvalue weighted by Gasteiger charge is -2.07. The molecule has 2 aromatic rings. The molecule has 0 radical (unpaired) electrons. The Hall–Kier alpha value is -2.11. The van der Waals surface area contributed by atoms with Crippen LogP contribution in [0.15, 0.2) is 48.5 Å². The molecule has 90 valence electrons. The Morgan fingerprint density at radius 3 is 2.44 bits per heavy atom. The van der Waals surface area contributed by atoms with Crippen molar-refractivity contribution < 1.29 is 0 Å². The van der Waals surface area contributed by atoms with Crippen LogP contribution in [-0.2, 0) is 6.42 Å². The van der Waals surface area contributed by atoms with Crippen molar-refractivity contribution in [2.24, 2.45) is 5.73 Å². The van der Waals surface area contributed by atoms with Gasteiger partial charge >= 0.3 is 0 Å². The van der Waals surface area contributed by atoms with Gasteiger partial charge in [0.15, 0.2) is 0 Å². The van der Waals surface area contributed by atoms with Gasteiger partial charge in [0.2, 0.25) is 0 Å². The Balaban J connectivity index is 2.26. The molecule has 0 fully saturated rings. The summed E-state index contributed by atoms with van der Waals surface area (Å²) >= 11 is 0. The van der Waals surface area contributed by atoms with E-state index in [0.29, 0.717) is 5.56 Å². The summed E-state index contributed by atoms with van der Waals surface area (Å²) in [5, 5.41) is 8.89. The third-order valence-electron chi connectivity index (χ3n) is 2.84. The summed E-state index contributed by atoms with van der Waals surface area (Å²) in [6, 6.07) is 18.3. The summed E-state index contributed by atoms with van der Waals surface area (Å²) in [6.07, 6.45) is 0.887. The predicted molar refractivity (Wildman–Crippen MR) is 73.9 cm³/mol. The summed E-state index contributed by atoms with van der Waals surface area (Å²) in [5.41, 5.74) is 9.90. The molecule has 2 nitrogen and oxygen atoms in total. The monoisotopic (exact) mass is 236 g/mol. The zero-order valence-corrected chi connectivity index (χ0v) is 10.4. The van der Waals surface area contributed by atoms with E-state index in [1.54, 1.807) is 0 Å². The van der Waals surface area contributed by atoms with E-state index in [4.69, 9.17) is 11.0 Å². The number of rotatable bonds is 3. The van der Waals surface area contributed by atoms with Crippen molar-refractivity contribution in [2.75, 3.05) is 0 Å². The highest BCUT2D eigenvalue weighted by Crippen LogP contribution is 2.21. The zero-order valence-electron chi connectivity index (χ0n) is 10.4. The first kappa shape index (κ1) is 12.3. The van der Waals surface area contributed by atoms with Crippen molar-refractivity contribution >= 4 is 0 Å². The van der Waals surface area contributed by atoms with Crippen molar-refractivity contribution in [1.82, 2.24) is 0 Å². The second-order valence-corrected chi connectivity index (χ2v) is 4.57. The van der Waals surface area contributed by atoms with Crippen LogP contribution in [0.4, 0.5) is 0 Å². The molecule has 0 saturated heterocycles. The van der Waals surface area contributed by atoms with Crippen LogP contribution in [0, 0.1) is 11.3 Å². The number of benzene rings is 2. The number of hydrogen-bond donors (Lipinski definition) is 1. The molecule has 0 aliphatic carbocycles. The summed E-state index contributed by atoms with van der Waals surface area (Å²) in [4.78, 5) is 0.